The van der Waals surface area contributed by atoms with E-state index in [1.807, 2.05) is 42.5 Å². The Kier molecular flexibility index (Phi) is 6.23. The molecule has 1 aliphatic carbocycles. The first-order valence-electron chi connectivity index (χ1n) is 11.6. The Hall–Kier alpha value is -4.13. The lowest BCUT2D eigenvalue weighted by Gasteiger charge is -2.25. The van der Waals surface area contributed by atoms with E-state index in [0.29, 0.717) is 18.5 Å². The largest absolute Gasteiger partial charge is 0.468 e. The Morgan fingerprint density at radius 1 is 0.943 bits per heavy atom. The fourth-order valence-electron chi connectivity index (χ4n) is 4.99. The molecule has 5 rings (SSSR count). The molecule has 3 aromatic rings. The number of para-hydroxylation sites is 1. The van der Waals surface area contributed by atoms with Gasteiger partial charge in [0.05, 0.1) is 7.11 Å². The minimum absolute atomic E-state index is 0.0712. The molecule has 178 valence electrons. The number of ether oxygens (including phenoxy) is 2. The molecule has 1 unspecified atom stereocenters. The standard InChI is InChI=1S/C28H26N2O5/c1-34-26(31)16-30-25-13-7-2-8-18(25)14-15-24(27(30)32)29-28(33)35-17-23-21-11-5-3-9-19(21)20-10-4-6-12-22(20)23/h2-13,23-24H,14-17H2,1H3,(H,29,33). The van der Waals surface area contributed by atoms with Gasteiger partial charge in [0.1, 0.15) is 19.2 Å². The number of amides is 2. The van der Waals surface area contributed by atoms with Gasteiger partial charge in [-0.15, -0.1) is 0 Å². The quantitative estimate of drug-likeness (QED) is 0.569. The van der Waals surface area contributed by atoms with E-state index < -0.39 is 18.1 Å². The lowest BCUT2D eigenvalue weighted by Crippen LogP contribution is -2.49. The van der Waals surface area contributed by atoms with Crippen LogP contribution in [-0.4, -0.2) is 44.3 Å². The van der Waals surface area contributed by atoms with Crippen LogP contribution in [0.4, 0.5) is 10.5 Å². The predicted octanol–water partition coefficient (Wildman–Crippen LogP) is 4.05. The maximum absolute atomic E-state index is 13.3. The Bertz CT molecular complexity index is 1240. The van der Waals surface area contributed by atoms with Crippen LogP contribution in [0.3, 0.4) is 0 Å². The molecule has 0 bridgehead atoms. The molecule has 2 amide bonds. The van der Waals surface area contributed by atoms with Crippen LogP contribution in [0.1, 0.15) is 29.0 Å². The summed E-state index contributed by atoms with van der Waals surface area (Å²) in [5.41, 5.74) is 6.11. The van der Waals surface area contributed by atoms with Crippen molar-refractivity contribution in [3.63, 3.8) is 0 Å². The minimum atomic E-state index is -0.817. The zero-order valence-corrected chi connectivity index (χ0v) is 19.4. The third-order valence-corrected chi connectivity index (χ3v) is 6.70. The number of alkyl carbamates (subject to hydrolysis) is 1. The molecule has 1 N–H and O–H groups in total. The van der Waals surface area contributed by atoms with Gasteiger partial charge >= 0.3 is 12.1 Å². The number of anilines is 1. The minimum Gasteiger partial charge on any atom is -0.468 e. The number of hydrogen-bond acceptors (Lipinski definition) is 5. The Balaban J connectivity index is 1.30. The molecule has 0 aromatic heterocycles. The number of carbonyl (C=O) groups excluding carboxylic acids is 3. The van der Waals surface area contributed by atoms with Crippen LogP contribution in [0, 0.1) is 0 Å². The normalized spacial score (nSPS) is 16.5. The number of esters is 1. The number of nitrogens with one attached hydrogen (secondary N) is 1. The predicted molar refractivity (Wildman–Crippen MR) is 131 cm³/mol. The maximum atomic E-state index is 13.3. The van der Waals surface area contributed by atoms with E-state index in [4.69, 9.17) is 9.47 Å². The highest BCUT2D eigenvalue weighted by Crippen LogP contribution is 2.44. The van der Waals surface area contributed by atoms with E-state index in [1.54, 1.807) is 6.07 Å². The number of carbonyl (C=O) groups is 3. The number of nitrogens with zero attached hydrogens (tertiary/aromatic N) is 1. The van der Waals surface area contributed by atoms with Crippen molar-refractivity contribution in [1.29, 1.82) is 0 Å². The summed E-state index contributed by atoms with van der Waals surface area (Å²) in [7, 11) is 1.28. The second-order valence-electron chi connectivity index (χ2n) is 8.69. The number of fused-ring (bicyclic) bond motifs is 4. The van der Waals surface area contributed by atoms with Crippen molar-refractivity contribution in [3.05, 3.63) is 89.5 Å². The average Bonchev–Trinajstić information content (AvgIpc) is 3.15. The third-order valence-electron chi connectivity index (χ3n) is 6.70. The first-order chi connectivity index (χ1) is 17.1. The fraction of sp³-hybridized carbons (Fsp3) is 0.250. The lowest BCUT2D eigenvalue weighted by molar-refractivity contribution is -0.140. The summed E-state index contributed by atoms with van der Waals surface area (Å²) in [6.45, 7) is -0.0674. The van der Waals surface area contributed by atoms with E-state index >= 15 is 0 Å². The highest BCUT2D eigenvalue weighted by atomic mass is 16.5. The van der Waals surface area contributed by atoms with Gasteiger partial charge in [-0.25, -0.2) is 4.79 Å². The van der Waals surface area contributed by atoms with Gasteiger partial charge < -0.3 is 14.8 Å². The summed E-state index contributed by atoms with van der Waals surface area (Å²) in [5.74, 6) is -0.970. The number of hydrogen-bond donors (Lipinski definition) is 1. The van der Waals surface area contributed by atoms with Gasteiger partial charge in [0.25, 0.3) is 0 Å². The molecule has 0 fully saturated rings. The SMILES string of the molecule is COC(=O)CN1C(=O)C(NC(=O)OCC2c3ccccc3-c3ccccc32)CCc2ccccc21. The van der Waals surface area contributed by atoms with E-state index in [9.17, 15) is 14.4 Å². The van der Waals surface area contributed by atoms with Crippen molar-refractivity contribution in [1.82, 2.24) is 5.32 Å². The molecule has 1 heterocycles. The zero-order chi connectivity index (χ0) is 24.4. The summed E-state index contributed by atoms with van der Waals surface area (Å²) < 4.78 is 10.4. The summed E-state index contributed by atoms with van der Waals surface area (Å²) in [6.07, 6.45) is 0.320. The number of methoxy groups -OCH3 is 1. The maximum Gasteiger partial charge on any atom is 0.407 e. The van der Waals surface area contributed by atoms with Crippen molar-refractivity contribution in [2.75, 3.05) is 25.2 Å². The van der Waals surface area contributed by atoms with Gasteiger partial charge in [-0.05, 0) is 46.7 Å². The third kappa shape index (κ3) is 4.37. The highest BCUT2D eigenvalue weighted by Gasteiger charge is 2.34. The fourth-order valence-corrected chi connectivity index (χ4v) is 4.99. The molecule has 0 radical (unpaired) electrons. The molecule has 7 heteroatoms. The Morgan fingerprint density at radius 3 is 2.26 bits per heavy atom. The van der Waals surface area contributed by atoms with Gasteiger partial charge in [0.2, 0.25) is 5.91 Å². The van der Waals surface area contributed by atoms with E-state index in [-0.39, 0.29) is 25.0 Å². The molecule has 7 nitrogen and oxygen atoms in total. The molecule has 0 saturated carbocycles. The Morgan fingerprint density at radius 2 is 1.57 bits per heavy atom. The molecule has 35 heavy (non-hydrogen) atoms. The first-order valence-corrected chi connectivity index (χ1v) is 11.6. The summed E-state index contributed by atoms with van der Waals surface area (Å²) in [6, 6.07) is 22.8. The van der Waals surface area contributed by atoms with Crippen LogP contribution < -0.4 is 10.2 Å². The van der Waals surface area contributed by atoms with Crippen LogP contribution in [0.15, 0.2) is 72.8 Å². The van der Waals surface area contributed by atoms with Crippen molar-refractivity contribution in [2.45, 2.75) is 24.8 Å². The molecule has 2 aliphatic rings. The second-order valence-corrected chi connectivity index (χ2v) is 8.69. The lowest BCUT2D eigenvalue weighted by atomic mass is 9.98. The molecule has 3 aromatic carbocycles. The monoisotopic (exact) mass is 470 g/mol. The van der Waals surface area contributed by atoms with Crippen LogP contribution in [0.5, 0.6) is 0 Å². The van der Waals surface area contributed by atoms with E-state index in [2.05, 4.69) is 29.6 Å². The van der Waals surface area contributed by atoms with Crippen molar-refractivity contribution >= 4 is 23.7 Å². The highest BCUT2D eigenvalue weighted by molar-refractivity contribution is 6.03. The van der Waals surface area contributed by atoms with Crippen LogP contribution >= 0.6 is 0 Å². The Labute approximate surface area is 203 Å². The van der Waals surface area contributed by atoms with Crippen LogP contribution in [0.25, 0.3) is 11.1 Å². The summed E-state index contributed by atoms with van der Waals surface area (Å²) in [5, 5.41) is 2.73. The summed E-state index contributed by atoms with van der Waals surface area (Å²) >= 11 is 0. The topological polar surface area (TPSA) is 84.9 Å². The molecule has 1 aliphatic heterocycles. The molecular weight excluding hydrogens is 444 g/mol. The zero-order valence-electron chi connectivity index (χ0n) is 19.4. The molecule has 0 saturated heterocycles. The van der Waals surface area contributed by atoms with Gasteiger partial charge in [-0.2, -0.15) is 0 Å². The molecule has 1 atom stereocenters. The van der Waals surface area contributed by atoms with Crippen LogP contribution in [-0.2, 0) is 25.5 Å². The number of rotatable bonds is 5. The first kappa shape index (κ1) is 22.7. The number of aryl methyl sites for hydroxylation is 1. The molecular formula is C28H26N2O5. The van der Waals surface area contributed by atoms with Crippen molar-refractivity contribution in [3.8, 4) is 11.1 Å². The molecule has 0 spiro atoms. The van der Waals surface area contributed by atoms with E-state index in [1.165, 1.54) is 12.0 Å². The summed E-state index contributed by atoms with van der Waals surface area (Å²) in [4.78, 5) is 39.5. The van der Waals surface area contributed by atoms with Crippen molar-refractivity contribution < 1.29 is 23.9 Å². The second kappa shape index (κ2) is 9.62. The van der Waals surface area contributed by atoms with Crippen LogP contribution in [0.2, 0.25) is 0 Å². The van der Waals surface area contributed by atoms with Gasteiger partial charge in [-0.3, -0.25) is 14.5 Å². The average molecular weight is 471 g/mol. The van der Waals surface area contributed by atoms with Gasteiger partial charge in [-0.1, -0.05) is 66.7 Å². The van der Waals surface area contributed by atoms with Gasteiger partial charge in [0.15, 0.2) is 0 Å². The number of benzene rings is 3. The smallest absolute Gasteiger partial charge is 0.407 e. The van der Waals surface area contributed by atoms with E-state index in [0.717, 1.165) is 27.8 Å². The van der Waals surface area contributed by atoms with Gasteiger partial charge in [0, 0.05) is 11.6 Å². The van der Waals surface area contributed by atoms with Crippen molar-refractivity contribution in [2.24, 2.45) is 0 Å².